The lowest BCUT2D eigenvalue weighted by atomic mass is 10.2. The molecule has 2 aromatic rings. The van der Waals surface area contributed by atoms with Gasteiger partial charge in [-0.25, -0.2) is 0 Å². The van der Waals surface area contributed by atoms with Crippen molar-refractivity contribution in [1.82, 2.24) is 9.55 Å². The first-order chi connectivity index (χ1) is 9.47. The number of benzene rings is 1. The first kappa shape index (κ1) is 14.8. The van der Waals surface area contributed by atoms with Gasteiger partial charge in [-0.05, 0) is 24.6 Å². The van der Waals surface area contributed by atoms with Crippen molar-refractivity contribution in [1.29, 1.82) is 0 Å². The van der Waals surface area contributed by atoms with Crippen molar-refractivity contribution in [2.24, 2.45) is 0 Å². The lowest BCUT2D eigenvalue weighted by Crippen LogP contribution is -2.13. The average Bonchev–Trinajstić information content (AvgIpc) is 2.39. The van der Waals surface area contributed by atoms with E-state index in [0.717, 1.165) is 27.5 Å². The largest absolute Gasteiger partial charge is 0.481 e. The van der Waals surface area contributed by atoms with Crippen molar-refractivity contribution < 1.29 is 9.90 Å². The summed E-state index contributed by atoms with van der Waals surface area (Å²) in [4.78, 5) is 25.9. The number of hydrogen-bond donors (Lipinski definition) is 1. The Balaban J connectivity index is 2.52. The molecule has 1 aromatic heterocycles. The number of hydrogen-bond acceptors (Lipinski definition) is 4. The summed E-state index contributed by atoms with van der Waals surface area (Å²) in [5.74, 6) is -1.10. The fourth-order valence-corrected chi connectivity index (χ4v) is 2.70. The standard InChI is InChI=1S/C13H11BrN2O3S/c1-8-2-3-9(14)6-10(8)16-5-4-11(17)15-13(16)20-7-12(18)19/h2-6H,7H2,1H3,(H,18,19). The van der Waals surface area contributed by atoms with Crippen LogP contribution in [0.15, 0.2) is 44.9 Å². The molecule has 0 radical (unpaired) electrons. The van der Waals surface area contributed by atoms with Crippen LogP contribution in [0.2, 0.25) is 0 Å². The van der Waals surface area contributed by atoms with Crippen LogP contribution in [0.4, 0.5) is 0 Å². The highest BCUT2D eigenvalue weighted by Gasteiger charge is 2.10. The van der Waals surface area contributed by atoms with Crippen molar-refractivity contribution in [3.8, 4) is 5.69 Å². The van der Waals surface area contributed by atoms with Gasteiger partial charge in [0, 0.05) is 16.7 Å². The predicted molar refractivity (Wildman–Crippen MR) is 80.6 cm³/mol. The van der Waals surface area contributed by atoms with E-state index in [0.29, 0.717) is 5.16 Å². The number of rotatable bonds is 4. The molecule has 1 N–H and O–H groups in total. The third kappa shape index (κ3) is 3.49. The molecule has 104 valence electrons. The molecule has 0 amide bonds. The van der Waals surface area contributed by atoms with Gasteiger partial charge in [0.05, 0.1) is 11.4 Å². The molecular formula is C13H11BrN2O3S. The Hall–Kier alpha value is -1.60. The number of carboxylic acid groups (broad SMARTS) is 1. The summed E-state index contributed by atoms with van der Waals surface area (Å²) in [5.41, 5.74) is 1.46. The van der Waals surface area contributed by atoms with Crippen molar-refractivity contribution in [3.05, 3.63) is 50.9 Å². The smallest absolute Gasteiger partial charge is 0.313 e. The molecule has 0 aliphatic carbocycles. The molecule has 0 spiro atoms. The summed E-state index contributed by atoms with van der Waals surface area (Å²) in [6.07, 6.45) is 1.61. The van der Waals surface area contributed by atoms with Gasteiger partial charge in [0.25, 0.3) is 5.56 Å². The molecule has 20 heavy (non-hydrogen) atoms. The third-order valence-electron chi connectivity index (χ3n) is 2.53. The lowest BCUT2D eigenvalue weighted by Gasteiger charge is -2.13. The zero-order chi connectivity index (χ0) is 14.7. The number of aromatic nitrogens is 2. The maximum absolute atomic E-state index is 11.4. The minimum Gasteiger partial charge on any atom is -0.481 e. The van der Waals surface area contributed by atoms with Crippen LogP contribution in [0.5, 0.6) is 0 Å². The van der Waals surface area contributed by atoms with Gasteiger partial charge in [0.2, 0.25) is 0 Å². The molecular weight excluding hydrogens is 344 g/mol. The lowest BCUT2D eigenvalue weighted by molar-refractivity contribution is -0.133. The van der Waals surface area contributed by atoms with Crippen LogP contribution in [-0.4, -0.2) is 26.4 Å². The summed E-state index contributed by atoms with van der Waals surface area (Å²) in [6, 6.07) is 7.10. The minimum absolute atomic E-state index is 0.149. The highest BCUT2D eigenvalue weighted by Crippen LogP contribution is 2.24. The predicted octanol–water partition coefficient (Wildman–Crippen LogP) is 2.48. The monoisotopic (exact) mass is 354 g/mol. The van der Waals surface area contributed by atoms with E-state index in [1.54, 1.807) is 10.8 Å². The number of thioether (sulfide) groups is 1. The molecule has 0 aliphatic rings. The topological polar surface area (TPSA) is 72.2 Å². The maximum atomic E-state index is 11.4. The molecule has 2 rings (SSSR count). The number of nitrogens with zero attached hydrogens (tertiary/aromatic N) is 2. The zero-order valence-corrected chi connectivity index (χ0v) is 12.9. The van der Waals surface area contributed by atoms with Gasteiger partial charge in [0.15, 0.2) is 5.16 Å². The highest BCUT2D eigenvalue weighted by molar-refractivity contribution is 9.10. The number of carboxylic acids is 1. The Kier molecular flexibility index (Phi) is 4.61. The van der Waals surface area contributed by atoms with E-state index in [4.69, 9.17) is 5.11 Å². The van der Waals surface area contributed by atoms with Gasteiger partial charge in [-0.1, -0.05) is 33.8 Å². The van der Waals surface area contributed by atoms with Gasteiger partial charge in [-0.3, -0.25) is 14.2 Å². The molecule has 1 aromatic carbocycles. The van der Waals surface area contributed by atoms with E-state index in [-0.39, 0.29) is 11.3 Å². The molecule has 0 aliphatic heterocycles. The van der Waals surface area contributed by atoms with Gasteiger partial charge < -0.3 is 5.11 Å². The summed E-state index contributed by atoms with van der Waals surface area (Å²) < 4.78 is 2.61. The third-order valence-corrected chi connectivity index (χ3v) is 3.96. The summed E-state index contributed by atoms with van der Waals surface area (Å²) in [5, 5.41) is 9.12. The first-order valence-corrected chi connectivity index (χ1v) is 7.46. The summed E-state index contributed by atoms with van der Waals surface area (Å²) in [7, 11) is 0. The Morgan fingerprint density at radius 1 is 1.45 bits per heavy atom. The van der Waals surface area contributed by atoms with Crippen molar-refractivity contribution >= 4 is 33.7 Å². The van der Waals surface area contributed by atoms with E-state index >= 15 is 0 Å². The second-order valence-corrected chi connectivity index (χ2v) is 5.89. The van der Waals surface area contributed by atoms with Gasteiger partial charge >= 0.3 is 5.97 Å². The average molecular weight is 355 g/mol. The van der Waals surface area contributed by atoms with Crippen LogP contribution >= 0.6 is 27.7 Å². The number of aliphatic carboxylic acids is 1. The van der Waals surface area contributed by atoms with E-state index in [2.05, 4.69) is 20.9 Å². The number of carbonyl (C=O) groups is 1. The Labute approximate surface area is 127 Å². The zero-order valence-electron chi connectivity index (χ0n) is 10.5. The van der Waals surface area contributed by atoms with E-state index in [9.17, 15) is 9.59 Å². The molecule has 0 fully saturated rings. The van der Waals surface area contributed by atoms with Crippen molar-refractivity contribution in [2.45, 2.75) is 12.1 Å². The molecule has 1 heterocycles. The Bertz CT molecular complexity index is 715. The van der Waals surface area contributed by atoms with Crippen molar-refractivity contribution in [2.75, 3.05) is 5.75 Å². The molecule has 0 atom stereocenters. The number of halogens is 1. The van der Waals surface area contributed by atoms with Crippen LogP contribution in [0.3, 0.4) is 0 Å². The van der Waals surface area contributed by atoms with Crippen LogP contribution in [-0.2, 0) is 4.79 Å². The molecule has 0 saturated heterocycles. The minimum atomic E-state index is -0.953. The molecule has 5 nitrogen and oxygen atoms in total. The first-order valence-electron chi connectivity index (χ1n) is 5.68. The SMILES string of the molecule is Cc1ccc(Br)cc1-n1ccc(=O)nc1SCC(=O)O. The van der Waals surface area contributed by atoms with Crippen molar-refractivity contribution in [3.63, 3.8) is 0 Å². The summed E-state index contributed by atoms with van der Waals surface area (Å²) >= 11 is 4.41. The fourth-order valence-electron chi connectivity index (χ4n) is 1.64. The van der Waals surface area contributed by atoms with Gasteiger partial charge in [0.1, 0.15) is 0 Å². The quantitative estimate of drug-likeness (QED) is 0.674. The number of aryl methyl sites for hydroxylation is 1. The van der Waals surface area contributed by atoms with Crippen LogP contribution in [0.1, 0.15) is 5.56 Å². The maximum Gasteiger partial charge on any atom is 0.313 e. The van der Waals surface area contributed by atoms with E-state index in [1.165, 1.54) is 6.07 Å². The molecule has 0 saturated carbocycles. The van der Waals surface area contributed by atoms with Gasteiger partial charge in [-0.2, -0.15) is 4.98 Å². The highest BCUT2D eigenvalue weighted by atomic mass is 79.9. The Morgan fingerprint density at radius 2 is 2.20 bits per heavy atom. The summed E-state index contributed by atoms with van der Waals surface area (Å²) in [6.45, 7) is 1.94. The van der Waals surface area contributed by atoms with Crippen LogP contribution < -0.4 is 5.56 Å². The normalized spacial score (nSPS) is 10.5. The van der Waals surface area contributed by atoms with E-state index in [1.807, 2.05) is 25.1 Å². The molecule has 0 unspecified atom stereocenters. The second-order valence-electron chi connectivity index (χ2n) is 4.03. The fraction of sp³-hybridized carbons (Fsp3) is 0.154. The van der Waals surface area contributed by atoms with Gasteiger partial charge in [-0.15, -0.1) is 0 Å². The van der Waals surface area contributed by atoms with Crippen LogP contribution in [0, 0.1) is 6.92 Å². The van der Waals surface area contributed by atoms with E-state index < -0.39 is 5.97 Å². The second kappa shape index (κ2) is 6.23. The molecule has 0 bridgehead atoms. The van der Waals surface area contributed by atoms with Crippen LogP contribution in [0.25, 0.3) is 5.69 Å². The Morgan fingerprint density at radius 3 is 2.90 bits per heavy atom. The molecule has 7 heteroatoms.